The molecule has 0 aliphatic rings. The molecular formula is C15H11ClF2N2. The Bertz CT molecular complexity index is 796. The quantitative estimate of drug-likeness (QED) is 0.642. The number of nitrogens with zero attached hydrogens (tertiary/aromatic N) is 2. The highest BCUT2D eigenvalue weighted by molar-refractivity contribution is 6.17. The maximum Gasteiger partial charge on any atom is 0.182 e. The first kappa shape index (κ1) is 13.1. The molecule has 0 radical (unpaired) electrons. The summed E-state index contributed by atoms with van der Waals surface area (Å²) in [4.78, 5) is 4.42. The summed E-state index contributed by atoms with van der Waals surface area (Å²) >= 11 is 5.90. The normalized spacial score (nSPS) is 11.2. The molecule has 1 aromatic heterocycles. The van der Waals surface area contributed by atoms with E-state index in [0.717, 1.165) is 17.1 Å². The Hall–Kier alpha value is -1.94. The molecule has 2 nitrogen and oxygen atoms in total. The molecule has 0 fully saturated rings. The van der Waals surface area contributed by atoms with Crippen LogP contribution in [0, 0.1) is 18.6 Å². The van der Waals surface area contributed by atoms with Crippen molar-refractivity contribution in [1.29, 1.82) is 0 Å². The second-order valence-corrected chi connectivity index (χ2v) is 4.78. The van der Waals surface area contributed by atoms with Crippen molar-refractivity contribution in [2.45, 2.75) is 12.8 Å². The second-order valence-electron chi connectivity index (χ2n) is 4.51. The van der Waals surface area contributed by atoms with Crippen molar-refractivity contribution in [2.24, 2.45) is 0 Å². The molecule has 0 aliphatic carbocycles. The number of hydrogen-bond donors (Lipinski definition) is 0. The number of imidazole rings is 1. The molecule has 0 N–H and O–H groups in total. The lowest BCUT2D eigenvalue weighted by molar-refractivity contribution is 0.504. The predicted molar refractivity (Wildman–Crippen MR) is 75.3 cm³/mol. The highest BCUT2D eigenvalue weighted by atomic mass is 35.5. The van der Waals surface area contributed by atoms with Gasteiger partial charge < -0.3 is 0 Å². The van der Waals surface area contributed by atoms with Gasteiger partial charge in [0.05, 0.1) is 22.6 Å². The summed E-state index contributed by atoms with van der Waals surface area (Å²) < 4.78 is 29.1. The fourth-order valence-corrected chi connectivity index (χ4v) is 2.49. The molecule has 0 atom stereocenters. The Kier molecular flexibility index (Phi) is 3.18. The Morgan fingerprint density at radius 2 is 1.90 bits per heavy atom. The summed E-state index contributed by atoms with van der Waals surface area (Å²) in [5.41, 5.74) is 2.54. The van der Waals surface area contributed by atoms with Gasteiger partial charge >= 0.3 is 0 Å². The molecule has 0 unspecified atom stereocenters. The molecule has 20 heavy (non-hydrogen) atoms. The van der Waals surface area contributed by atoms with Crippen molar-refractivity contribution in [3.05, 3.63) is 59.4 Å². The smallest absolute Gasteiger partial charge is 0.182 e. The van der Waals surface area contributed by atoms with E-state index in [2.05, 4.69) is 4.98 Å². The van der Waals surface area contributed by atoms with E-state index >= 15 is 0 Å². The van der Waals surface area contributed by atoms with Gasteiger partial charge in [-0.3, -0.25) is 4.57 Å². The van der Waals surface area contributed by atoms with E-state index < -0.39 is 11.6 Å². The standard InChI is InChI=1S/C15H11ClF2N2/c1-9-4-2-7-12-15(9)19-13(8-16)20(12)11-6-3-5-10(17)14(11)18/h2-7H,8H2,1H3. The molecule has 1 heterocycles. The van der Waals surface area contributed by atoms with Crippen LogP contribution in [-0.4, -0.2) is 9.55 Å². The molecular weight excluding hydrogens is 282 g/mol. The predicted octanol–water partition coefficient (Wildman–Crippen LogP) is 4.35. The van der Waals surface area contributed by atoms with Crippen molar-refractivity contribution < 1.29 is 8.78 Å². The molecule has 0 saturated heterocycles. The number of aryl methyl sites for hydroxylation is 1. The van der Waals surface area contributed by atoms with E-state index in [4.69, 9.17) is 11.6 Å². The van der Waals surface area contributed by atoms with Gasteiger partial charge in [0.25, 0.3) is 0 Å². The molecule has 0 aliphatic heterocycles. The lowest BCUT2D eigenvalue weighted by Crippen LogP contribution is -2.03. The van der Waals surface area contributed by atoms with Gasteiger partial charge in [0.1, 0.15) is 5.82 Å². The zero-order valence-electron chi connectivity index (χ0n) is 10.7. The van der Waals surface area contributed by atoms with Gasteiger partial charge in [-0.05, 0) is 30.7 Å². The monoisotopic (exact) mass is 292 g/mol. The first-order valence-corrected chi connectivity index (χ1v) is 6.64. The molecule has 0 bridgehead atoms. The molecule has 0 spiro atoms. The van der Waals surface area contributed by atoms with Gasteiger partial charge in [-0.2, -0.15) is 0 Å². The lowest BCUT2D eigenvalue weighted by atomic mass is 10.2. The summed E-state index contributed by atoms with van der Waals surface area (Å²) in [5, 5.41) is 0. The van der Waals surface area contributed by atoms with E-state index in [1.807, 2.05) is 25.1 Å². The second kappa shape index (κ2) is 4.87. The third kappa shape index (κ3) is 1.88. The summed E-state index contributed by atoms with van der Waals surface area (Å²) in [6.07, 6.45) is 0. The van der Waals surface area contributed by atoms with E-state index in [1.54, 1.807) is 4.57 Å². The molecule has 102 valence electrons. The van der Waals surface area contributed by atoms with Crippen LogP contribution in [0.5, 0.6) is 0 Å². The van der Waals surface area contributed by atoms with Crippen LogP contribution >= 0.6 is 11.6 Å². The zero-order valence-corrected chi connectivity index (χ0v) is 11.5. The van der Waals surface area contributed by atoms with Crippen molar-refractivity contribution in [3.8, 4) is 5.69 Å². The van der Waals surface area contributed by atoms with Crippen LogP contribution in [0.2, 0.25) is 0 Å². The van der Waals surface area contributed by atoms with Gasteiger partial charge in [0.15, 0.2) is 11.6 Å². The maximum absolute atomic E-state index is 14.0. The fourth-order valence-electron chi connectivity index (χ4n) is 2.31. The van der Waals surface area contributed by atoms with Crippen LogP contribution in [0.1, 0.15) is 11.4 Å². The summed E-state index contributed by atoms with van der Waals surface area (Å²) in [6, 6.07) is 9.65. The Balaban J connectivity index is 2.41. The van der Waals surface area contributed by atoms with Crippen LogP contribution in [0.15, 0.2) is 36.4 Å². The number of fused-ring (bicyclic) bond motifs is 1. The van der Waals surface area contributed by atoms with Gasteiger partial charge in [-0.1, -0.05) is 18.2 Å². The first-order valence-electron chi connectivity index (χ1n) is 6.10. The highest BCUT2D eigenvalue weighted by Crippen LogP contribution is 2.27. The molecule has 5 heteroatoms. The maximum atomic E-state index is 14.0. The van der Waals surface area contributed by atoms with Crippen LogP contribution in [0.4, 0.5) is 8.78 Å². The highest BCUT2D eigenvalue weighted by Gasteiger charge is 2.17. The van der Waals surface area contributed by atoms with Gasteiger partial charge in [-0.25, -0.2) is 13.8 Å². The minimum atomic E-state index is -0.903. The summed E-state index contributed by atoms with van der Waals surface area (Å²) in [6.45, 7) is 1.92. The molecule has 0 saturated carbocycles. The van der Waals surface area contributed by atoms with Crippen molar-refractivity contribution in [2.75, 3.05) is 0 Å². The van der Waals surface area contributed by atoms with Crippen LogP contribution in [0.3, 0.4) is 0 Å². The third-order valence-electron chi connectivity index (χ3n) is 3.25. The van der Waals surface area contributed by atoms with Crippen molar-refractivity contribution in [1.82, 2.24) is 9.55 Å². The lowest BCUT2D eigenvalue weighted by Gasteiger charge is -2.09. The van der Waals surface area contributed by atoms with Gasteiger partial charge in [-0.15, -0.1) is 11.6 Å². The average Bonchev–Trinajstić information content (AvgIpc) is 2.82. The van der Waals surface area contributed by atoms with E-state index in [9.17, 15) is 8.78 Å². The number of aromatic nitrogens is 2. The number of para-hydroxylation sites is 1. The molecule has 0 amide bonds. The number of alkyl halides is 1. The molecule has 3 aromatic rings. The van der Waals surface area contributed by atoms with E-state index in [0.29, 0.717) is 11.3 Å². The topological polar surface area (TPSA) is 17.8 Å². The number of rotatable bonds is 2. The molecule has 3 rings (SSSR count). The Morgan fingerprint density at radius 3 is 2.65 bits per heavy atom. The van der Waals surface area contributed by atoms with Crippen LogP contribution < -0.4 is 0 Å². The van der Waals surface area contributed by atoms with Crippen molar-refractivity contribution >= 4 is 22.6 Å². The largest absolute Gasteiger partial charge is 0.292 e. The van der Waals surface area contributed by atoms with Crippen molar-refractivity contribution in [3.63, 3.8) is 0 Å². The SMILES string of the molecule is Cc1cccc2c1nc(CCl)n2-c1cccc(F)c1F. The van der Waals surface area contributed by atoms with Gasteiger partial charge in [0, 0.05) is 0 Å². The number of benzene rings is 2. The number of halogens is 3. The summed E-state index contributed by atoms with van der Waals surface area (Å²) in [5.74, 6) is -1.19. The Morgan fingerprint density at radius 1 is 1.15 bits per heavy atom. The van der Waals surface area contributed by atoms with Crippen LogP contribution in [0.25, 0.3) is 16.7 Å². The minimum Gasteiger partial charge on any atom is -0.292 e. The zero-order chi connectivity index (χ0) is 14.3. The molecule has 2 aromatic carbocycles. The Labute approximate surface area is 119 Å². The fraction of sp³-hybridized carbons (Fsp3) is 0.133. The third-order valence-corrected chi connectivity index (χ3v) is 3.49. The van der Waals surface area contributed by atoms with Gasteiger partial charge in [0.2, 0.25) is 0 Å². The first-order chi connectivity index (χ1) is 9.63. The average molecular weight is 293 g/mol. The summed E-state index contributed by atoms with van der Waals surface area (Å²) in [7, 11) is 0. The minimum absolute atomic E-state index is 0.115. The number of hydrogen-bond acceptors (Lipinski definition) is 1. The van der Waals surface area contributed by atoms with E-state index in [1.165, 1.54) is 12.1 Å². The van der Waals surface area contributed by atoms with E-state index in [-0.39, 0.29) is 11.6 Å². The van der Waals surface area contributed by atoms with Crippen LogP contribution in [-0.2, 0) is 5.88 Å².